The van der Waals surface area contributed by atoms with Gasteiger partial charge in [-0.25, -0.2) is 8.96 Å². The van der Waals surface area contributed by atoms with E-state index < -0.39 is 87.7 Å². The van der Waals surface area contributed by atoms with Crippen LogP contribution in [0.25, 0.3) is 0 Å². The number of carbonyl (C=O) groups is 3. The summed E-state index contributed by atoms with van der Waals surface area (Å²) >= 11 is 0. The molecule has 6 N–H and O–H groups in total. The number of phosphoric ester groups is 1. The third-order valence-electron chi connectivity index (χ3n) is 12.2. The van der Waals surface area contributed by atoms with Crippen LogP contribution in [0.2, 0.25) is 0 Å². The third-order valence-corrected chi connectivity index (χ3v) is 12.7. The van der Waals surface area contributed by atoms with Gasteiger partial charge in [-0.15, -0.1) is 0 Å². The number of aliphatic hydroxyl groups is 3. The molecule has 0 bridgehead atoms. The highest BCUT2D eigenvalue weighted by molar-refractivity contribution is 7.46. The number of amides is 1. The molecular weight excluding hydrogens is 848 g/mol. The van der Waals surface area contributed by atoms with Crippen molar-refractivity contribution in [1.29, 1.82) is 0 Å². The number of nitrogens with one attached hydrogen (secondary N) is 1. The molecule has 64 heavy (non-hydrogen) atoms. The fraction of sp³-hybridized carbons (Fsp3) is 0.938. The first kappa shape index (κ1) is 60.3. The molecule has 0 aliphatic carbocycles. The van der Waals surface area contributed by atoms with Gasteiger partial charge in [0.15, 0.2) is 12.3 Å². The second-order valence-corrected chi connectivity index (χ2v) is 19.3. The number of carbonyl (C=O) groups excluding carboxylic acids is 3. The van der Waals surface area contributed by atoms with Crippen LogP contribution in [0.3, 0.4) is 0 Å². The number of ether oxygens (including phenoxy) is 3. The van der Waals surface area contributed by atoms with Crippen LogP contribution in [0.15, 0.2) is 0 Å². The average molecular weight is 940 g/mol. The Bertz CT molecular complexity index is 1230. The summed E-state index contributed by atoms with van der Waals surface area (Å²) in [5.74, 6) is -2.85. The number of unbranched alkanes of at least 4 members (excludes halogenated alkanes) is 26. The van der Waals surface area contributed by atoms with Gasteiger partial charge in [0.1, 0.15) is 24.4 Å². The smallest absolute Gasteiger partial charge is 0.462 e. The molecular formula is C48H91FNO13P. The number of halogens is 1. The van der Waals surface area contributed by atoms with E-state index in [1.54, 1.807) is 0 Å². The molecule has 1 aliphatic heterocycles. The quantitative estimate of drug-likeness (QED) is 0.0191. The Hall–Kier alpha value is -1.71. The molecule has 1 rings (SSSR count). The second-order valence-electron chi connectivity index (χ2n) is 18.1. The first-order valence-electron chi connectivity index (χ1n) is 25.5. The van der Waals surface area contributed by atoms with Crippen molar-refractivity contribution >= 4 is 25.7 Å². The Morgan fingerprint density at radius 3 is 1.50 bits per heavy atom. The minimum absolute atomic E-state index is 0.00535. The molecule has 0 unspecified atom stereocenters. The number of rotatable bonds is 42. The lowest BCUT2D eigenvalue weighted by molar-refractivity contribution is -0.242. The minimum Gasteiger partial charge on any atom is -0.462 e. The molecule has 378 valence electrons. The highest BCUT2D eigenvalue weighted by atomic mass is 31.2. The van der Waals surface area contributed by atoms with E-state index in [2.05, 4.69) is 26.1 Å². The van der Waals surface area contributed by atoms with Crippen molar-refractivity contribution in [1.82, 2.24) is 5.32 Å². The lowest BCUT2D eigenvalue weighted by Crippen LogP contribution is -2.65. The van der Waals surface area contributed by atoms with Crippen LogP contribution in [0.5, 0.6) is 0 Å². The topological polar surface area (TPSA) is 218 Å². The second kappa shape index (κ2) is 38.3. The fourth-order valence-corrected chi connectivity index (χ4v) is 8.82. The third kappa shape index (κ3) is 29.8. The summed E-state index contributed by atoms with van der Waals surface area (Å²) < 4.78 is 49.3. The van der Waals surface area contributed by atoms with Crippen molar-refractivity contribution in [2.75, 3.05) is 6.61 Å². The van der Waals surface area contributed by atoms with Crippen molar-refractivity contribution in [2.45, 2.75) is 282 Å². The molecule has 8 atom stereocenters. The maximum Gasteiger partial charge on any atom is 0.470 e. The van der Waals surface area contributed by atoms with Crippen molar-refractivity contribution in [3.8, 4) is 0 Å². The van der Waals surface area contributed by atoms with E-state index in [4.69, 9.17) is 18.7 Å². The summed E-state index contributed by atoms with van der Waals surface area (Å²) in [6, 6.07) is 0. The van der Waals surface area contributed by atoms with Crippen LogP contribution in [-0.4, -0.2) is 98.6 Å². The van der Waals surface area contributed by atoms with Gasteiger partial charge in [-0.3, -0.25) is 18.9 Å². The summed E-state index contributed by atoms with van der Waals surface area (Å²) in [5.41, 5.74) is 0. The zero-order valence-electron chi connectivity index (χ0n) is 40.0. The summed E-state index contributed by atoms with van der Waals surface area (Å²) in [6.45, 7) is 5.63. The molecule has 16 heteroatoms. The maximum atomic E-state index is 15.4. The van der Waals surface area contributed by atoms with Crippen LogP contribution >= 0.6 is 7.82 Å². The molecule has 0 saturated carbocycles. The van der Waals surface area contributed by atoms with Crippen molar-refractivity contribution in [3.05, 3.63) is 0 Å². The van der Waals surface area contributed by atoms with Crippen molar-refractivity contribution in [3.63, 3.8) is 0 Å². The molecule has 1 amide bonds. The number of esters is 2. The lowest BCUT2D eigenvalue weighted by Gasteiger charge is -2.43. The van der Waals surface area contributed by atoms with E-state index >= 15 is 4.39 Å². The Morgan fingerprint density at radius 2 is 1.06 bits per heavy atom. The molecule has 0 aromatic heterocycles. The van der Waals surface area contributed by atoms with E-state index in [1.165, 1.54) is 89.9 Å². The normalized spacial score (nSPS) is 20.4. The van der Waals surface area contributed by atoms with Crippen LogP contribution in [0.4, 0.5) is 4.39 Å². The highest BCUT2D eigenvalue weighted by Crippen LogP contribution is 2.42. The van der Waals surface area contributed by atoms with Gasteiger partial charge < -0.3 is 44.6 Å². The molecule has 1 saturated heterocycles. The zero-order chi connectivity index (χ0) is 47.4. The predicted molar refractivity (Wildman–Crippen MR) is 247 cm³/mol. The van der Waals surface area contributed by atoms with Gasteiger partial charge in [0.25, 0.3) is 5.91 Å². The van der Waals surface area contributed by atoms with Gasteiger partial charge in [0.2, 0.25) is 6.17 Å². The highest BCUT2D eigenvalue weighted by Gasteiger charge is 2.51. The molecule has 0 aromatic carbocycles. The Labute approximate surface area is 385 Å². The maximum absolute atomic E-state index is 15.4. The van der Waals surface area contributed by atoms with Crippen LogP contribution < -0.4 is 5.32 Å². The van der Waals surface area contributed by atoms with Gasteiger partial charge in [0.05, 0.1) is 19.1 Å². The summed E-state index contributed by atoms with van der Waals surface area (Å²) in [5, 5.41) is 33.6. The van der Waals surface area contributed by atoms with Gasteiger partial charge in [-0.2, -0.15) is 0 Å². The van der Waals surface area contributed by atoms with Crippen molar-refractivity contribution < 1.29 is 67.2 Å². The van der Waals surface area contributed by atoms with Gasteiger partial charge in [-0.05, 0) is 25.7 Å². The van der Waals surface area contributed by atoms with E-state index in [0.29, 0.717) is 25.7 Å². The number of hydrogen-bond acceptors (Lipinski definition) is 11. The van der Waals surface area contributed by atoms with E-state index in [-0.39, 0.29) is 12.8 Å². The molecule has 1 heterocycles. The molecule has 0 aromatic rings. The summed E-state index contributed by atoms with van der Waals surface area (Å²) in [6.07, 6.45) is 16.3. The average Bonchev–Trinajstić information content (AvgIpc) is 3.25. The molecule has 1 aliphatic rings. The van der Waals surface area contributed by atoms with Gasteiger partial charge >= 0.3 is 19.8 Å². The number of aliphatic hydroxyl groups excluding tert-OH is 3. The van der Waals surface area contributed by atoms with Gasteiger partial charge in [0, 0.05) is 6.42 Å². The number of hydrogen-bond donors (Lipinski definition) is 6. The minimum atomic E-state index is -5.40. The first-order valence-corrected chi connectivity index (χ1v) is 27.0. The van der Waals surface area contributed by atoms with Crippen LogP contribution in [-0.2, 0) is 37.7 Å². The van der Waals surface area contributed by atoms with E-state index in [0.717, 1.165) is 77.0 Å². The number of phosphoric acid groups is 1. The summed E-state index contributed by atoms with van der Waals surface area (Å²) in [7, 11) is -5.40. The predicted octanol–water partition coefficient (Wildman–Crippen LogP) is 10.1. The first-order chi connectivity index (χ1) is 30.8. The lowest BCUT2D eigenvalue weighted by atomic mass is 9.97. The van der Waals surface area contributed by atoms with Crippen LogP contribution in [0, 0.1) is 0 Å². The van der Waals surface area contributed by atoms with E-state index in [9.17, 15) is 44.1 Å². The van der Waals surface area contributed by atoms with E-state index in [1.807, 2.05) is 0 Å². The largest absolute Gasteiger partial charge is 0.470 e. The molecule has 1 fully saturated rings. The molecule has 0 radical (unpaired) electrons. The molecule has 0 spiro atoms. The SMILES string of the molecule is CCCCCCCCCCCCCC(=O)O[C@H](CCCCCCCCCCC)CC(=O)O[C@@H]1[C@@H](OP(=O)(O)O)[C@H](O)[C@@H](CO)O[C@H]1NC(=O)[C@H](F)[C@@H](O)CCCCCCCCCCC. The zero-order valence-corrected chi connectivity index (χ0v) is 40.9. The Morgan fingerprint density at radius 1 is 0.641 bits per heavy atom. The van der Waals surface area contributed by atoms with Gasteiger partial charge in [-0.1, -0.05) is 194 Å². The van der Waals surface area contributed by atoms with Crippen molar-refractivity contribution in [2.24, 2.45) is 0 Å². The monoisotopic (exact) mass is 940 g/mol. The molecule has 14 nitrogen and oxygen atoms in total. The Kier molecular flexibility index (Phi) is 36.1. The fourth-order valence-electron chi connectivity index (χ4n) is 8.26. The van der Waals surface area contributed by atoms with Crippen LogP contribution in [0.1, 0.15) is 233 Å². The summed E-state index contributed by atoms with van der Waals surface area (Å²) in [4.78, 5) is 59.3. The standard InChI is InChI=1S/C48H91FNO13P/c1-4-7-10-13-16-19-20-23-26-29-32-35-41(53)60-38(33-30-27-24-21-17-14-11-8-5-2)36-42(54)62-46-45(63-64(57,58)59)44(55)40(37-51)61-48(46)50-47(56)43(49)39(52)34-31-28-25-22-18-15-12-9-6-3/h38-40,43-46,48,51-52,55H,4-37H2,1-3H3,(H,50,56)(H2,57,58,59)/t38-,39+,40-,43-,44-,45+,46-,48-/m1/s1. The Balaban J connectivity index is 2.99. The number of alkyl halides is 1.